The van der Waals surface area contributed by atoms with Crippen LogP contribution in [0.1, 0.15) is 84.4 Å². The number of carbonyl (C=O) groups is 3. The number of phenolic OH excluding ortho intramolecular Hbond substituents is 1. The van der Waals surface area contributed by atoms with Crippen LogP contribution in [0.25, 0.3) is 0 Å². The van der Waals surface area contributed by atoms with Crippen molar-refractivity contribution in [2.24, 2.45) is 5.92 Å². The molecule has 1 aromatic rings. The molecule has 0 aromatic heterocycles. The molecule has 0 aliphatic heterocycles. The second kappa shape index (κ2) is 13.4. The molecule has 1 aromatic carbocycles. The van der Waals surface area contributed by atoms with Crippen LogP contribution in [0.4, 0.5) is 4.79 Å². The Morgan fingerprint density at radius 3 is 2.41 bits per heavy atom. The molecule has 1 saturated carbocycles. The number of phenols is 1. The third-order valence-electron chi connectivity index (χ3n) is 6.48. The minimum Gasteiger partial charge on any atom is -0.507 e. The molecule has 5 atom stereocenters. The molecule has 1 aliphatic rings. The van der Waals surface area contributed by atoms with Gasteiger partial charge in [-0.3, -0.25) is 9.59 Å². The van der Waals surface area contributed by atoms with Crippen LogP contribution < -0.4 is 10.6 Å². The summed E-state index contributed by atoms with van der Waals surface area (Å²) in [6, 6.07) is 3.08. The SMILES string of the molecule is CCCC(C)NC(=O)C(c1cccc(C)c1O)N(C(=O)C(CCSC)NC(=O)OC(C)(C)C)C1CC1C. The van der Waals surface area contributed by atoms with E-state index in [9.17, 15) is 19.5 Å². The summed E-state index contributed by atoms with van der Waals surface area (Å²) in [5.74, 6) is 0.147. The van der Waals surface area contributed by atoms with E-state index in [1.807, 2.05) is 27.0 Å². The monoisotopic (exact) mass is 535 g/mol. The van der Waals surface area contributed by atoms with Gasteiger partial charge in [-0.05, 0) is 77.4 Å². The third kappa shape index (κ3) is 8.83. The Morgan fingerprint density at radius 2 is 1.86 bits per heavy atom. The number of nitrogens with zero attached hydrogens (tertiary/aromatic N) is 1. The molecule has 3 amide bonds. The van der Waals surface area contributed by atoms with Gasteiger partial charge in [0.05, 0.1) is 0 Å². The van der Waals surface area contributed by atoms with Crippen LogP contribution >= 0.6 is 11.8 Å². The Kier molecular flexibility index (Phi) is 11.2. The van der Waals surface area contributed by atoms with Gasteiger partial charge < -0.3 is 25.4 Å². The first kappa shape index (κ1) is 30.8. The minimum atomic E-state index is -1.03. The van der Waals surface area contributed by atoms with Crippen LogP contribution in [0.5, 0.6) is 5.75 Å². The molecule has 2 rings (SSSR count). The number of aromatic hydroxyl groups is 1. The summed E-state index contributed by atoms with van der Waals surface area (Å²) in [7, 11) is 0. The summed E-state index contributed by atoms with van der Waals surface area (Å²) in [4.78, 5) is 42.2. The predicted molar refractivity (Wildman–Crippen MR) is 149 cm³/mol. The molecule has 3 N–H and O–H groups in total. The van der Waals surface area contributed by atoms with Crippen molar-refractivity contribution >= 4 is 29.7 Å². The third-order valence-corrected chi connectivity index (χ3v) is 7.12. The first-order valence-electron chi connectivity index (χ1n) is 13.2. The fourth-order valence-electron chi connectivity index (χ4n) is 4.44. The fourth-order valence-corrected chi connectivity index (χ4v) is 4.91. The number of ether oxygens (including phenoxy) is 1. The Morgan fingerprint density at radius 1 is 1.22 bits per heavy atom. The highest BCUT2D eigenvalue weighted by Crippen LogP contribution is 2.43. The highest BCUT2D eigenvalue weighted by molar-refractivity contribution is 7.98. The lowest BCUT2D eigenvalue weighted by molar-refractivity contribution is -0.143. The van der Waals surface area contributed by atoms with E-state index in [1.54, 1.807) is 62.6 Å². The van der Waals surface area contributed by atoms with E-state index in [-0.39, 0.29) is 35.6 Å². The molecule has 208 valence electrons. The van der Waals surface area contributed by atoms with Crippen LogP contribution in [-0.4, -0.2) is 63.6 Å². The summed E-state index contributed by atoms with van der Waals surface area (Å²) in [6.07, 6.45) is 4.09. The van der Waals surface area contributed by atoms with Gasteiger partial charge in [-0.1, -0.05) is 38.5 Å². The van der Waals surface area contributed by atoms with Gasteiger partial charge in [0.1, 0.15) is 23.4 Å². The number of carbonyl (C=O) groups excluding carboxylic acids is 3. The van der Waals surface area contributed by atoms with Crippen LogP contribution in [0.15, 0.2) is 18.2 Å². The zero-order chi connectivity index (χ0) is 27.9. The molecular weight excluding hydrogens is 490 g/mol. The zero-order valence-corrected chi connectivity index (χ0v) is 24.4. The smallest absolute Gasteiger partial charge is 0.408 e. The number of alkyl carbamates (subject to hydrolysis) is 1. The average molecular weight is 536 g/mol. The zero-order valence-electron chi connectivity index (χ0n) is 23.6. The number of hydrogen-bond acceptors (Lipinski definition) is 6. The number of para-hydroxylation sites is 1. The summed E-state index contributed by atoms with van der Waals surface area (Å²) in [5.41, 5.74) is 0.293. The lowest BCUT2D eigenvalue weighted by atomic mass is 9.98. The predicted octanol–water partition coefficient (Wildman–Crippen LogP) is 4.93. The van der Waals surface area contributed by atoms with Crippen molar-refractivity contribution in [2.75, 3.05) is 12.0 Å². The van der Waals surface area contributed by atoms with Crippen molar-refractivity contribution in [3.63, 3.8) is 0 Å². The van der Waals surface area contributed by atoms with Crippen molar-refractivity contribution in [1.82, 2.24) is 15.5 Å². The van der Waals surface area contributed by atoms with Gasteiger partial charge in [0, 0.05) is 17.6 Å². The number of benzene rings is 1. The molecule has 5 unspecified atom stereocenters. The first-order chi connectivity index (χ1) is 17.3. The Balaban J connectivity index is 2.53. The molecule has 0 heterocycles. The molecule has 0 radical (unpaired) electrons. The number of thioether (sulfide) groups is 1. The summed E-state index contributed by atoms with van der Waals surface area (Å²) >= 11 is 1.57. The van der Waals surface area contributed by atoms with Crippen LogP contribution in [0.2, 0.25) is 0 Å². The first-order valence-corrected chi connectivity index (χ1v) is 14.6. The van der Waals surface area contributed by atoms with Gasteiger partial charge in [-0.2, -0.15) is 11.8 Å². The van der Waals surface area contributed by atoms with Gasteiger partial charge in [-0.25, -0.2) is 4.79 Å². The number of amides is 3. The largest absolute Gasteiger partial charge is 0.507 e. The molecule has 8 nitrogen and oxygen atoms in total. The lowest BCUT2D eigenvalue weighted by Crippen LogP contribution is -2.54. The molecule has 9 heteroatoms. The normalized spacial score (nSPS) is 19.4. The van der Waals surface area contributed by atoms with Crippen molar-refractivity contribution < 1.29 is 24.2 Å². The maximum atomic E-state index is 14.2. The van der Waals surface area contributed by atoms with Crippen molar-refractivity contribution in [2.45, 2.75) is 104 Å². The molecule has 0 bridgehead atoms. The maximum Gasteiger partial charge on any atom is 0.408 e. The van der Waals surface area contributed by atoms with E-state index < -0.39 is 23.8 Å². The van der Waals surface area contributed by atoms with Crippen LogP contribution in [0.3, 0.4) is 0 Å². The second-order valence-corrected chi connectivity index (χ2v) is 12.1. The van der Waals surface area contributed by atoms with E-state index in [0.29, 0.717) is 23.3 Å². The average Bonchev–Trinajstić information content (AvgIpc) is 3.51. The Bertz CT molecular complexity index is 948. The van der Waals surface area contributed by atoms with E-state index in [4.69, 9.17) is 4.74 Å². The number of aryl methyl sites for hydroxylation is 1. The number of hydrogen-bond donors (Lipinski definition) is 3. The Hall–Kier alpha value is -2.42. The van der Waals surface area contributed by atoms with Gasteiger partial charge in [0.15, 0.2) is 0 Å². The van der Waals surface area contributed by atoms with E-state index in [0.717, 1.165) is 19.3 Å². The molecule has 0 spiro atoms. The molecular formula is C28H45N3O5S. The fraction of sp³-hybridized carbons (Fsp3) is 0.679. The van der Waals surface area contributed by atoms with E-state index in [2.05, 4.69) is 10.6 Å². The quantitative estimate of drug-likeness (QED) is 0.350. The topological polar surface area (TPSA) is 108 Å². The number of rotatable bonds is 12. The lowest BCUT2D eigenvalue weighted by Gasteiger charge is -2.36. The number of nitrogens with one attached hydrogen (secondary N) is 2. The van der Waals surface area contributed by atoms with Crippen LogP contribution in [-0.2, 0) is 14.3 Å². The van der Waals surface area contributed by atoms with Gasteiger partial charge >= 0.3 is 6.09 Å². The van der Waals surface area contributed by atoms with Gasteiger partial charge in [-0.15, -0.1) is 0 Å². The maximum absolute atomic E-state index is 14.2. The van der Waals surface area contributed by atoms with Crippen molar-refractivity contribution in [3.05, 3.63) is 29.3 Å². The van der Waals surface area contributed by atoms with E-state index >= 15 is 0 Å². The summed E-state index contributed by atoms with van der Waals surface area (Å²) < 4.78 is 5.44. The highest BCUT2D eigenvalue weighted by atomic mass is 32.2. The second-order valence-electron chi connectivity index (χ2n) is 11.1. The van der Waals surface area contributed by atoms with E-state index in [1.165, 1.54) is 0 Å². The highest BCUT2D eigenvalue weighted by Gasteiger charge is 2.48. The summed E-state index contributed by atoms with van der Waals surface area (Å²) in [6.45, 7) is 13.1. The van der Waals surface area contributed by atoms with Crippen molar-refractivity contribution in [1.29, 1.82) is 0 Å². The molecule has 1 aliphatic carbocycles. The minimum absolute atomic E-state index is 0.00216. The molecule has 0 saturated heterocycles. The van der Waals surface area contributed by atoms with Crippen LogP contribution in [0, 0.1) is 12.8 Å². The summed E-state index contributed by atoms with van der Waals surface area (Å²) in [5, 5.41) is 16.8. The van der Waals surface area contributed by atoms with Crippen molar-refractivity contribution in [3.8, 4) is 5.75 Å². The molecule has 37 heavy (non-hydrogen) atoms. The standard InChI is InChI=1S/C28H45N3O5S/c1-9-11-19(4)29-25(33)23(20-13-10-12-17(2)24(20)32)31(22-16-18(22)3)26(34)21(14-15-37-8)30-27(35)36-28(5,6)7/h10,12-13,18-19,21-23,32H,9,11,14-16H2,1-8H3,(H,29,33)(H,30,35). The molecule has 1 fully saturated rings. The Labute approximate surface area is 226 Å². The van der Waals surface area contributed by atoms with Gasteiger partial charge in [0.2, 0.25) is 11.8 Å². The van der Waals surface area contributed by atoms with Gasteiger partial charge in [0.25, 0.3) is 0 Å².